The Kier molecular flexibility index (Phi) is 6.36. The van der Waals surface area contributed by atoms with Crippen molar-refractivity contribution in [1.29, 1.82) is 0 Å². The summed E-state index contributed by atoms with van der Waals surface area (Å²) in [4.78, 5) is 12.6. The van der Waals surface area contributed by atoms with E-state index in [4.69, 9.17) is 4.74 Å². The van der Waals surface area contributed by atoms with Gasteiger partial charge in [-0.05, 0) is 55.8 Å². The van der Waals surface area contributed by atoms with E-state index in [1.165, 1.54) is 12.1 Å². The van der Waals surface area contributed by atoms with Crippen LogP contribution in [0.15, 0.2) is 59.8 Å². The fourth-order valence-corrected chi connectivity index (χ4v) is 3.90. The third-order valence-electron chi connectivity index (χ3n) is 4.25. The molecular weight excluding hydrogens is 411 g/mol. The molecule has 0 aliphatic heterocycles. The van der Waals surface area contributed by atoms with E-state index in [1.807, 2.05) is 6.92 Å². The zero-order valence-corrected chi connectivity index (χ0v) is 17.2. The van der Waals surface area contributed by atoms with E-state index in [1.54, 1.807) is 43.3 Å². The molecule has 3 aromatic rings. The number of rotatable bonds is 8. The van der Waals surface area contributed by atoms with Crippen molar-refractivity contribution < 1.29 is 22.3 Å². The first-order valence-corrected chi connectivity index (χ1v) is 10.6. The maximum Gasteiger partial charge on any atom is 0.279 e. The summed E-state index contributed by atoms with van der Waals surface area (Å²) in [5.41, 5.74) is 0.839. The number of anilines is 1. The summed E-state index contributed by atoms with van der Waals surface area (Å²) >= 11 is 0. The number of hydrogen-bond donors (Lipinski definition) is 3. The van der Waals surface area contributed by atoms with Gasteiger partial charge in [-0.2, -0.15) is 13.5 Å². The highest BCUT2D eigenvalue weighted by atomic mass is 32.2. The first-order chi connectivity index (χ1) is 14.3. The molecule has 3 rings (SSSR count). The number of amides is 1. The molecule has 1 aromatic heterocycles. The van der Waals surface area contributed by atoms with Crippen LogP contribution in [0.4, 0.5) is 10.1 Å². The van der Waals surface area contributed by atoms with E-state index in [0.29, 0.717) is 23.6 Å². The molecule has 0 bridgehead atoms. The maximum atomic E-state index is 13.1. The summed E-state index contributed by atoms with van der Waals surface area (Å²) < 4.78 is 46.3. The van der Waals surface area contributed by atoms with Crippen molar-refractivity contribution in [2.75, 3.05) is 11.3 Å². The van der Waals surface area contributed by atoms with Gasteiger partial charge < -0.3 is 10.1 Å². The van der Waals surface area contributed by atoms with Gasteiger partial charge in [0.2, 0.25) is 0 Å². The van der Waals surface area contributed by atoms with Gasteiger partial charge in [0.15, 0.2) is 5.03 Å². The van der Waals surface area contributed by atoms with Crippen LogP contribution in [-0.4, -0.2) is 31.1 Å². The molecule has 30 heavy (non-hydrogen) atoms. The summed E-state index contributed by atoms with van der Waals surface area (Å²) in [6, 6.07) is 11.5. The number of nitrogens with zero attached hydrogens (tertiary/aromatic N) is 1. The molecular formula is C20H21FN4O4S. The van der Waals surface area contributed by atoms with Crippen LogP contribution in [0.3, 0.4) is 0 Å². The lowest BCUT2D eigenvalue weighted by Gasteiger charge is -2.14. The summed E-state index contributed by atoms with van der Waals surface area (Å²) in [6.07, 6.45) is 1.14. The number of ether oxygens (including phenoxy) is 1. The summed E-state index contributed by atoms with van der Waals surface area (Å²) in [5, 5.41) is 8.40. The molecule has 158 valence electrons. The van der Waals surface area contributed by atoms with E-state index in [-0.39, 0.29) is 16.4 Å². The van der Waals surface area contributed by atoms with Crippen LogP contribution >= 0.6 is 0 Å². The minimum atomic E-state index is -4.10. The number of aromatic amines is 1. The molecule has 1 atom stereocenters. The van der Waals surface area contributed by atoms with E-state index in [9.17, 15) is 17.6 Å². The van der Waals surface area contributed by atoms with Gasteiger partial charge >= 0.3 is 0 Å². The van der Waals surface area contributed by atoms with Crippen LogP contribution in [0.25, 0.3) is 0 Å². The molecule has 8 nitrogen and oxygen atoms in total. The second-order valence-electron chi connectivity index (χ2n) is 6.42. The standard InChI is InChI=1S/C20H21FN4O4S/c1-3-29-17-10-8-16(9-11-17)25-30(27,28)20-18(12-22-24-20)19(26)23-13(2)14-4-6-15(21)7-5-14/h4-13,25H,3H2,1-2H3,(H,22,24)(H,23,26)/t13-/m0/s1. The van der Waals surface area contributed by atoms with E-state index in [0.717, 1.165) is 6.20 Å². The third-order valence-corrected chi connectivity index (χ3v) is 5.61. The predicted octanol–water partition coefficient (Wildman–Crippen LogP) is 3.24. The van der Waals surface area contributed by atoms with Crippen molar-refractivity contribution in [2.24, 2.45) is 0 Å². The fourth-order valence-electron chi connectivity index (χ4n) is 2.74. The lowest BCUT2D eigenvalue weighted by Crippen LogP contribution is -2.28. The number of hydrogen-bond acceptors (Lipinski definition) is 5. The quantitative estimate of drug-likeness (QED) is 0.506. The minimum Gasteiger partial charge on any atom is -0.494 e. The zero-order valence-electron chi connectivity index (χ0n) is 16.3. The van der Waals surface area contributed by atoms with E-state index in [2.05, 4.69) is 20.2 Å². The molecule has 0 saturated heterocycles. The minimum absolute atomic E-state index is 0.137. The fraction of sp³-hybridized carbons (Fsp3) is 0.200. The smallest absolute Gasteiger partial charge is 0.279 e. The Morgan fingerprint density at radius 1 is 1.17 bits per heavy atom. The Morgan fingerprint density at radius 3 is 2.47 bits per heavy atom. The number of aromatic nitrogens is 2. The monoisotopic (exact) mass is 432 g/mol. The van der Waals surface area contributed by atoms with Crippen molar-refractivity contribution in [3.8, 4) is 5.75 Å². The number of sulfonamides is 1. The maximum absolute atomic E-state index is 13.1. The highest BCUT2D eigenvalue weighted by molar-refractivity contribution is 7.92. The Bertz CT molecular complexity index is 1110. The number of benzene rings is 2. The van der Waals surface area contributed by atoms with E-state index >= 15 is 0 Å². The topological polar surface area (TPSA) is 113 Å². The molecule has 3 N–H and O–H groups in total. The molecule has 0 unspecified atom stereocenters. The van der Waals surface area contributed by atoms with Gasteiger partial charge in [0, 0.05) is 5.69 Å². The van der Waals surface area contributed by atoms with Crippen molar-refractivity contribution in [3.63, 3.8) is 0 Å². The first-order valence-electron chi connectivity index (χ1n) is 9.15. The zero-order chi connectivity index (χ0) is 21.7. The van der Waals surface area contributed by atoms with Crippen LogP contribution < -0.4 is 14.8 Å². The molecule has 0 spiro atoms. The van der Waals surface area contributed by atoms with E-state index < -0.39 is 22.0 Å². The third kappa shape index (κ3) is 4.95. The number of H-pyrrole nitrogens is 1. The highest BCUT2D eigenvalue weighted by Gasteiger charge is 2.26. The lowest BCUT2D eigenvalue weighted by molar-refractivity contribution is 0.0936. The SMILES string of the molecule is CCOc1ccc(NS(=O)(=O)c2[nH]ncc2C(=O)N[C@@H](C)c2ccc(F)cc2)cc1. The predicted molar refractivity (Wildman–Crippen MR) is 109 cm³/mol. The first kappa shape index (κ1) is 21.3. The normalized spacial score (nSPS) is 12.2. The largest absolute Gasteiger partial charge is 0.494 e. The summed E-state index contributed by atoms with van der Waals surface area (Å²) in [6.45, 7) is 4.05. The van der Waals surface area contributed by atoms with Crippen LogP contribution in [-0.2, 0) is 10.0 Å². The van der Waals surface area contributed by atoms with Gasteiger partial charge in [-0.15, -0.1) is 0 Å². The molecule has 0 saturated carbocycles. The second-order valence-corrected chi connectivity index (χ2v) is 8.04. The van der Waals surface area contributed by atoms with Crippen molar-refractivity contribution in [2.45, 2.75) is 24.9 Å². The number of carbonyl (C=O) groups is 1. The van der Waals surface area contributed by atoms with Crippen molar-refractivity contribution in [1.82, 2.24) is 15.5 Å². The number of halogens is 1. The average molecular weight is 432 g/mol. The number of nitrogens with one attached hydrogen (secondary N) is 3. The second kappa shape index (κ2) is 8.95. The molecule has 2 aromatic carbocycles. The molecule has 0 radical (unpaired) electrons. The van der Waals surface area contributed by atoms with Crippen LogP contribution in [0.1, 0.15) is 35.8 Å². The Balaban J connectivity index is 1.75. The number of carbonyl (C=O) groups excluding carboxylic acids is 1. The highest BCUT2D eigenvalue weighted by Crippen LogP contribution is 2.21. The van der Waals surface area contributed by atoms with Gasteiger partial charge in [-0.3, -0.25) is 14.6 Å². The summed E-state index contributed by atoms with van der Waals surface area (Å²) in [5.74, 6) is -0.412. The molecule has 0 aliphatic carbocycles. The Labute approximate surface area is 173 Å². The summed E-state index contributed by atoms with van der Waals surface area (Å²) in [7, 11) is -4.10. The van der Waals surface area contributed by atoms with Crippen LogP contribution in [0, 0.1) is 5.82 Å². The van der Waals surface area contributed by atoms with Gasteiger partial charge in [0.05, 0.1) is 24.4 Å². The molecule has 1 amide bonds. The molecule has 0 aliphatic rings. The van der Waals surface area contributed by atoms with Gasteiger partial charge in [-0.1, -0.05) is 12.1 Å². The average Bonchev–Trinajstić information content (AvgIpc) is 3.21. The molecule has 1 heterocycles. The molecule has 0 fully saturated rings. The van der Waals surface area contributed by atoms with Crippen LogP contribution in [0.2, 0.25) is 0 Å². The van der Waals surface area contributed by atoms with Gasteiger partial charge in [-0.25, -0.2) is 4.39 Å². The Hall–Kier alpha value is -3.40. The van der Waals surface area contributed by atoms with Gasteiger partial charge in [0.25, 0.3) is 15.9 Å². The van der Waals surface area contributed by atoms with Gasteiger partial charge in [0.1, 0.15) is 11.6 Å². The van der Waals surface area contributed by atoms with Crippen LogP contribution in [0.5, 0.6) is 5.75 Å². The van der Waals surface area contributed by atoms with Crippen molar-refractivity contribution >= 4 is 21.6 Å². The molecule has 10 heteroatoms. The lowest BCUT2D eigenvalue weighted by atomic mass is 10.1. The van der Waals surface area contributed by atoms with Crippen molar-refractivity contribution in [3.05, 3.63) is 71.7 Å². The Morgan fingerprint density at radius 2 is 1.83 bits per heavy atom.